The minimum Gasteiger partial charge on any atom is -0.469 e. The smallest absolute Gasteiger partial charge is 0.310 e. The molecule has 154 valence electrons. The van der Waals surface area contributed by atoms with Gasteiger partial charge in [0.2, 0.25) is 5.91 Å². The number of hydrogen-bond donors (Lipinski definition) is 1. The maximum absolute atomic E-state index is 12.4. The Morgan fingerprint density at radius 1 is 1.29 bits per heavy atom. The summed E-state index contributed by atoms with van der Waals surface area (Å²) in [5.74, 6) is 0.691. The number of esters is 1. The van der Waals surface area contributed by atoms with Crippen LogP contribution < -0.4 is 5.32 Å². The lowest BCUT2D eigenvalue weighted by molar-refractivity contribution is -0.146. The quantitative estimate of drug-likeness (QED) is 0.438. The van der Waals surface area contributed by atoms with Crippen LogP contribution in [0.3, 0.4) is 0 Å². The van der Waals surface area contributed by atoms with E-state index in [-0.39, 0.29) is 23.7 Å². The van der Waals surface area contributed by atoms with E-state index >= 15 is 0 Å². The zero-order chi connectivity index (χ0) is 20.5. The number of guanidine groups is 1. The van der Waals surface area contributed by atoms with Crippen molar-refractivity contribution in [1.29, 1.82) is 0 Å². The summed E-state index contributed by atoms with van der Waals surface area (Å²) in [7, 11) is 3.24. The third-order valence-electron chi connectivity index (χ3n) is 5.03. The number of methoxy groups -OCH3 is 1. The molecule has 0 spiro atoms. The number of rotatable bonds is 7. The van der Waals surface area contributed by atoms with E-state index in [0.29, 0.717) is 26.1 Å². The van der Waals surface area contributed by atoms with Crippen molar-refractivity contribution >= 4 is 17.8 Å². The topological polar surface area (TPSA) is 74.2 Å². The van der Waals surface area contributed by atoms with E-state index in [1.54, 1.807) is 4.90 Å². The Morgan fingerprint density at radius 2 is 2.00 bits per heavy atom. The van der Waals surface area contributed by atoms with Gasteiger partial charge in [0.15, 0.2) is 5.96 Å². The Hall–Kier alpha value is -2.57. The van der Waals surface area contributed by atoms with Gasteiger partial charge in [0.25, 0.3) is 0 Å². The lowest BCUT2D eigenvalue weighted by Crippen LogP contribution is -2.41. The number of carbonyl (C=O) groups excluding carboxylic acids is 2. The van der Waals surface area contributed by atoms with E-state index in [1.807, 2.05) is 51.2 Å². The Morgan fingerprint density at radius 3 is 2.64 bits per heavy atom. The number of nitrogens with one attached hydrogen (secondary N) is 1. The van der Waals surface area contributed by atoms with Gasteiger partial charge in [-0.05, 0) is 18.4 Å². The first-order valence-corrected chi connectivity index (χ1v) is 9.85. The van der Waals surface area contributed by atoms with E-state index in [4.69, 9.17) is 4.74 Å². The molecule has 7 nitrogen and oxygen atoms in total. The van der Waals surface area contributed by atoms with Gasteiger partial charge in [-0.3, -0.25) is 14.6 Å². The summed E-state index contributed by atoms with van der Waals surface area (Å²) in [6.45, 7) is 7.12. The first-order chi connectivity index (χ1) is 13.5. The van der Waals surface area contributed by atoms with Gasteiger partial charge in [-0.2, -0.15) is 0 Å². The van der Waals surface area contributed by atoms with Crippen LogP contribution in [0.25, 0.3) is 0 Å². The van der Waals surface area contributed by atoms with Crippen molar-refractivity contribution in [2.45, 2.75) is 26.8 Å². The molecule has 0 saturated carbocycles. The molecule has 7 heteroatoms. The van der Waals surface area contributed by atoms with Crippen LogP contribution in [0.1, 0.15) is 25.8 Å². The highest BCUT2D eigenvalue weighted by Gasteiger charge is 2.36. The van der Waals surface area contributed by atoms with Gasteiger partial charge in [-0.1, -0.05) is 37.3 Å². The van der Waals surface area contributed by atoms with Gasteiger partial charge >= 0.3 is 5.97 Å². The van der Waals surface area contributed by atoms with Crippen LogP contribution in [-0.2, 0) is 20.9 Å². The number of amides is 1. The lowest BCUT2D eigenvalue weighted by Gasteiger charge is -2.22. The largest absolute Gasteiger partial charge is 0.469 e. The maximum Gasteiger partial charge on any atom is 0.310 e. The summed E-state index contributed by atoms with van der Waals surface area (Å²) >= 11 is 0. The third kappa shape index (κ3) is 5.97. The molecule has 0 aromatic heterocycles. The SMILES string of the molecule is CCNC(=NCCC(=O)N(C)Cc1ccccc1)N1CC(C)C(C(=O)OC)C1. The normalized spacial score (nSPS) is 19.4. The Labute approximate surface area is 167 Å². The van der Waals surface area contributed by atoms with E-state index in [2.05, 4.69) is 15.2 Å². The van der Waals surface area contributed by atoms with E-state index in [9.17, 15) is 9.59 Å². The van der Waals surface area contributed by atoms with E-state index < -0.39 is 0 Å². The number of aliphatic imine (C=N–C) groups is 1. The molecule has 2 unspecified atom stereocenters. The fourth-order valence-corrected chi connectivity index (χ4v) is 3.42. The van der Waals surface area contributed by atoms with Gasteiger partial charge in [0.1, 0.15) is 0 Å². The summed E-state index contributed by atoms with van der Waals surface area (Å²) in [4.78, 5) is 32.7. The van der Waals surface area contributed by atoms with Crippen molar-refractivity contribution in [2.24, 2.45) is 16.8 Å². The number of ether oxygens (including phenoxy) is 1. The summed E-state index contributed by atoms with van der Waals surface area (Å²) in [6.07, 6.45) is 0.349. The van der Waals surface area contributed by atoms with Gasteiger partial charge in [0.05, 0.1) is 19.6 Å². The third-order valence-corrected chi connectivity index (χ3v) is 5.03. The highest BCUT2D eigenvalue weighted by molar-refractivity contribution is 5.83. The minimum atomic E-state index is -0.177. The fraction of sp³-hybridized carbons (Fsp3) is 0.571. The average molecular weight is 389 g/mol. The van der Waals surface area contributed by atoms with Crippen LogP contribution in [0.2, 0.25) is 0 Å². The number of likely N-dealkylation sites (tertiary alicyclic amines) is 1. The second-order valence-electron chi connectivity index (χ2n) is 7.23. The summed E-state index contributed by atoms with van der Waals surface area (Å²) < 4.78 is 4.90. The van der Waals surface area contributed by atoms with Crippen LogP contribution in [0.4, 0.5) is 0 Å². The second kappa shape index (κ2) is 10.7. The molecule has 0 aliphatic carbocycles. The monoisotopic (exact) mass is 388 g/mol. The molecule has 1 N–H and O–H groups in total. The standard InChI is InChI=1S/C21H32N4O3/c1-5-22-21(25-13-16(2)18(15-25)20(27)28-4)23-12-11-19(26)24(3)14-17-9-7-6-8-10-17/h6-10,16,18H,5,11-15H2,1-4H3,(H,22,23). The molecule has 1 amide bonds. The van der Waals surface area contributed by atoms with Crippen LogP contribution in [-0.4, -0.2) is 68.0 Å². The van der Waals surface area contributed by atoms with Crippen LogP contribution in [0.15, 0.2) is 35.3 Å². The predicted octanol–water partition coefficient (Wildman–Crippen LogP) is 1.74. The van der Waals surface area contributed by atoms with Gasteiger partial charge in [0, 0.05) is 39.6 Å². The molecule has 1 aliphatic heterocycles. The molecule has 0 radical (unpaired) electrons. The minimum absolute atomic E-state index is 0.0608. The lowest BCUT2D eigenvalue weighted by atomic mass is 9.99. The molecule has 1 aromatic rings. The second-order valence-corrected chi connectivity index (χ2v) is 7.23. The number of nitrogens with zero attached hydrogens (tertiary/aromatic N) is 3. The zero-order valence-corrected chi connectivity index (χ0v) is 17.4. The number of benzene rings is 1. The molecule has 1 heterocycles. The highest BCUT2D eigenvalue weighted by atomic mass is 16.5. The van der Waals surface area contributed by atoms with Crippen LogP contribution in [0.5, 0.6) is 0 Å². The molecule has 1 saturated heterocycles. The zero-order valence-electron chi connectivity index (χ0n) is 17.4. The molecule has 1 aliphatic rings. The number of carbonyl (C=O) groups is 2. The fourth-order valence-electron chi connectivity index (χ4n) is 3.42. The Kier molecular flexibility index (Phi) is 8.29. The Balaban J connectivity index is 1.90. The van der Waals surface area contributed by atoms with Crippen molar-refractivity contribution in [3.63, 3.8) is 0 Å². The summed E-state index contributed by atoms with van der Waals surface area (Å²) in [5, 5.41) is 3.26. The molecular weight excluding hydrogens is 356 g/mol. The molecule has 28 heavy (non-hydrogen) atoms. The molecule has 2 atom stereocenters. The first kappa shape index (κ1) is 21.7. The average Bonchev–Trinajstić information content (AvgIpc) is 3.08. The first-order valence-electron chi connectivity index (χ1n) is 9.85. The molecule has 2 rings (SSSR count). The van der Waals surface area contributed by atoms with E-state index in [1.165, 1.54) is 7.11 Å². The van der Waals surface area contributed by atoms with Crippen molar-refractivity contribution in [3.8, 4) is 0 Å². The molecule has 1 aromatic carbocycles. The van der Waals surface area contributed by atoms with E-state index in [0.717, 1.165) is 24.6 Å². The van der Waals surface area contributed by atoms with Gasteiger partial charge < -0.3 is 19.9 Å². The molecule has 1 fully saturated rings. The van der Waals surface area contributed by atoms with Crippen LogP contribution in [0, 0.1) is 11.8 Å². The van der Waals surface area contributed by atoms with Gasteiger partial charge in [-0.15, -0.1) is 0 Å². The maximum atomic E-state index is 12.4. The van der Waals surface area contributed by atoms with Crippen molar-refractivity contribution < 1.29 is 14.3 Å². The van der Waals surface area contributed by atoms with Crippen molar-refractivity contribution in [2.75, 3.05) is 40.3 Å². The number of hydrogen-bond acceptors (Lipinski definition) is 4. The predicted molar refractivity (Wildman–Crippen MR) is 110 cm³/mol. The summed E-state index contributed by atoms with van der Waals surface area (Å²) in [6, 6.07) is 9.93. The Bertz CT molecular complexity index is 677. The van der Waals surface area contributed by atoms with Gasteiger partial charge in [-0.25, -0.2) is 0 Å². The summed E-state index contributed by atoms with van der Waals surface area (Å²) in [5.41, 5.74) is 1.11. The van der Waals surface area contributed by atoms with Crippen LogP contribution >= 0.6 is 0 Å². The molecule has 0 bridgehead atoms. The molecular formula is C21H32N4O3. The highest BCUT2D eigenvalue weighted by Crippen LogP contribution is 2.24. The van der Waals surface area contributed by atoms with Crippen molar-refractivity contribution in [3.05, 3.63) is 35.9 Å². The van der Waals surface area contributed by atoms with Crippen molar-refractivity contribution in [1.82, 2.24) is 15.1 Å².